The Morgan fingerprint density at radius 3 is 2.60 bits per heavy atom. The lowest BCUT2D eigenvalue weighted by atomic mass is 10.1. The zero-order chi connectivity index (χ0) is 14.6. The molecule has 112 valence electrons. The second-order valence-corrected chi connectivity index (χ2v) is 5.31. The maximum atomic E-state index is 12.6. The van der Waals surface area contributed by atoms with Crippen LogP contribution < -0.4 is 5.32 Å². The van der Waals surface area contributed by atoms with Gasteiger partial charge in [0.15, 0.2) is 0 Å². The van der Waals surface area contributed by atoms with E-state index in [1.54, 1.807) is 6.07 Å². The lowest BCUT2D eigenvalue weighted by Gasteiger charge is -2.29. The Hall–Kier alpha value is -1.30. The third kappa shape index (κ3) is 4.37. The molecule has 3 nitrogen and oxygen atoms in total. The highest BCUT2D eigenvalue weighted by molar-refractivity contribution is 5.37. The Labute approximate surface area is 117 Å². The minimum absolute atomic E-state index is 0.0732. The van der Waals surface area contributed by atoms with E-state index in [9.17, 15) is 13.2 Å². The van der Waals surface area contributed by atoms with Gasteiger partial charge in [0.25, 0.3) is 0 Å². The minimum atomic E-state index is -4.40. The Balaban J connectivity index is 1.92. The fourth-order valence-corrected chi connectivity index (χ4v) is 2.50. The number of alkyl halides is 3. The van der Waals surface area contributed by atoms with Crippen molar-refractivity contribution in [3.05, 3.63) is 23.9 Å². The molecule has 0 saturated carbocycles. The van der Waals surface area contributed by atoms with Crippen molar-refractivity contribution < 1.29 is 13.2 Å². The molecule has 1 saturated heterocycles. The van der Waals surface area contributed by atoms with Crippen LogP contribution in [0.15, 0.2) is 18.2 Å². The number of halogens is 3. The Bertz CT molecular complexity index is 428. The van der Waals surface area contributed by atoms with Gasteiger partial charge in [-0.25, -0.2) is 4.98 Å². The minimum Gasteiger partial charge on any atom is -0.366 e. The van der Waals surface area contributed by atoms with E-state index >= 15 is 0 Å². The van der Waals surface area contributed by atoms with Crippen LogP contribution in [0.4, 0.5) is 19.0 Å². The van der Waals surface area contributed by atoms with E-state index in [0.29, 0.717) is 0 Å². The summed E-state index contributed by atoms with van der Waals surface area (Å²) in [6.07, 6.45) is -0.718. The predicted molar refractivity (Wildman–Crippen MR) is 72.6 cm³/mol. The summed E-state index contributed by atoms with van der Waals surface area (Å²) in [6.45, 7) is 4.94. The summed E-state index contributed by atoms with van der Waals surface area (Å²) in [5.41, 5.74) is -0.854. The van der Waals surface area contributed by atoms with E-state index in [2.05, 4.69) is 15.2 Å². The topological polar surface area (TPSA) is 28.2 Å². The van der Waals surface area contributed by atoms with E-state index in [0.717, 1.165) is 25.7 Å². The molecule has 0 aromatic carbocycles. The second-order valence-electron chi connectivity index (χ2n) is 5.31. The maximum absolute atomic E-state index is 12.6. The van der Waals surface area contributed by atoms with Crippen LogP contribution in [0.3, 0.4) is 0 Å². The number of piperidine rings is 1. The largest absolute Gasteiger partial charge is 0.433 e. The highest BCUT2D eigenvalue weighted by Gasteiger charge is 2.32. The summed E-state index contributed by atoms with van der Waals surface area (Å²) in [6, 6.07) is 4.01. The monoisotopic (exact) mass is 287 g/mol. The number of pyridine rings is 1. The van der Waals surface area contributed by atoms with Gasteiger partial charge in [-0.2, -0.15) is 13.2 Å². The zero-order valence-electron chi connectivity index (χ0n) is 11.6. The third-order valence-electron chi connectivity index (χ3n) is 3.41. The maximum Gasteiger partial charge on any atom is 0.433 e. The smallest absolute Gasteiger partial charge is 0.366 e. The van der Waals surface area contributed by atoms with Crippen LogP contribution in [0.5, 0.6) is 0 Å². The van der Waals surface area contributed by atoms with E-state index in [1.807, 2.05) is 6.92 Å². The number of hydrogen-bond donors (Lipinski definition) is 1. The van der Waals surface area contributed by atoms with Crippen molar-refractivity contribution in [1.29, 1.82) is 0 Å². The van der Waals surface area contributed by atoms with Gasteiger partial charge >= 0.3 is 6.18 Å². The second kappa shape index (κ2) is 6.43. The molecule has 0 bridgehead atoms. The number of aromatic nitrogens is 1. The molecule has 6 heteroatoms. The lowest BCUT2D eigenvalue weighted by molar-refractivity contribution is -0.141. The summed E-state index contributed by atoms with van der Waals surface area (Å²) in [5, 5.41) is 3.05. The highest BCUT2D eigenvalue weighted by atomic mass is 19.4. The molecule has 0 spiro atoms. The molecule has 1 aliphatic rings. The fraction of sp³-hybridized carbons (Fsp3) is 0.643. The molecule has 1 aromatic heterocycles. The lowest BCUT2D eigenvalue weighted by Crippen LogP contribution is -2.38. The Kier molecular flexibility index (Phi) is 4.86. The molecular formula is C14H20F3N3. The van der Waals surface area contributed by atoms with Crippen LogP contribution in [0.25, 0.3) is 0 Å². The van der Waals surface area contributed by atoms with Crippen LogP contribution in [0, 0.1) is 0 Å². The number of hydrogen-bond acceptors (Lipinski definition) is 3. The molecule has 1 aromatic rings. The van der Waals surface area contributed by atoms with Crippen LogP contribution in [0.1, 0.15) is 31.9 Å². The summed E-state index contributed by atoms with van der Waals surface area (Å²) in [5.74, 6) is 0.282. The van der Waals surface area contributed by atoms with Crippen LogP contribution in [-0.4, -0.2) is 35.6 Å². The van der Waals surface area contributed by atoms with Crippen molar-refractivity contribution in [2.24, 2.45) is 0 Å². The molecule has 20 heavy (non-hydrogen) atoms. The number of nitrogens with one attached hydrogen (secondary N) is 1. The van der Waals surface area contributed by atoms with Gasteiger partial charge in [-0.05, 0) is 45.0 Å². The first-order valence-electron chi connectivity index (χ1n) is 6.98. The molecule has 1 unspecified atom stereocenters. The van der Waals surface area contributed by atoms with E-state index < -0.39 is 11.9 Å². The van der Waals surface area contributed by atoms with Crippen molar-refractivity contribution in [3.63, 3.8) is 0 Å². The Morgan fingerprint density at radius 2 is 1.95 bits per heavy atom. The van der Waals surface area contributed by atoms with E-state index in [-0.39, 0.29) is 11.9 Å². The molecule has 0 radical (unpaired) electrons. The summed E-state index contributed by atoms with van der Waals surface area (Å²) in [4.78, 5) is 5.96. The summed E-state index contributed by atoms with van der Waals surface area (Å²) >= 11 is 0. The standard InChI is InChI=1S/C14H20F3N3/c1-11(10-20-8-3-2-4-9-20)18-13-7-5-6-12(19-13)14(15,16)17/h5-7,11H,2-4,8-10H2,1H3,(H,18,19). The molecule has 2 rings (SSSR count). The predicted octanol–water partition coefficient (Wildman–Crippen LogP) is 3.39. The van der Waals surface area contributed by atoms with Crippen LogP contribution >= 0.6 is 0 Å². The van der Waals surface area contributed by atoms with Crippen molar-refractivity contribution in [3.8, 4) is 0 Å². The quantitative estimate of drug-likeness (QED) is 0.920. The van der Waals surface area contributed by atoms with Gasteiger partial charge < -0.3 is 10.2 Å². The van der Waals surface area contributed by atoms with Gasteiger partial charge in [0.2, 0.25) is 0 Å². The van der Waals surface area contributed by atoms with Crippen molar-refractivity contribution in [1.82, 2.24) is 9.88 Å². The van der Waals surface area contributed by atoms with Gasteiger partial charge in [-0.1, -0.05) is 12.5 Å². The molecule has 1 fully saturated rings. The number of rotatable bonds is 4. The number of likely N-dealkylation sites (tertiary alicyclic amines) is 1. The van der Waals surface area contributed by atoms with E-state index in [4.69, 9.17) is 0 Å². The van der Waals surface area contributed by atoms with Crippen molar-refractivity contribution >= 4 is 5.82 Å². The van der Waals surface area contributed by atoms with Gasteiger partial charge in [0, 0.05) is 12.6 Å². The summed E-state index contributed by atoms with van der Waals surface area (Å²) < 4.78 is 37.7. The first-order chi connectivity index (χ1) is 9.45. The SMILES string of the molecule is CC(CN1CCCCC1)Nc1cccc(C(F)(F)F)n1. The molecule has 1 N–H and O–H groups in total. The molecular weight excluding hydrogens is 267 g/mol. The highest BCUT2D eigenvalue weighted by Crippen LogP contribution is 2.28. The van der Waals surface area contributed by atoms with Gasteiger partial charge in [-0.3, -0.25) is 0 Å². The summed E-state index contributed by atoms with van der Waals surface area (Å²) in [7, 11) is 0. The average Bonchev–Trinajstić information content (AvgIpc) is 2.39. The molecule has 1 atom stereocenters. The Morgan fingerprint density at radius 1 is 1.25 bits per heavy atom. The zero-order valence-corrected chi connectivity index (χ0v) is 11.6. The first-order valence-corrected chi connectivity index (χ1v) is 6.98. The normalized spacial score (nSPS) is 18.8. The molecule has 0 amide bonds. The third-order valence-corrected chi connectivity index (χ3v) is 3.41. The van der Waals surface area contributed by atoms with Crippen LogP contribution in [-0.2, 0) is 6.18 Å². The molecule has 1 aliphatic heterocycles. The van der Waals surface area contributed by atoms with Crippen LogP contribution in [0.2, 0.25) is 0 Å². The number of nitrogens with zero attached hydrogens (tertiary/aromatic N) is 2. The van der Waals surface area contributed by atoms with E-state index in [1.165, 1.54) is 25.3 Å². The molecule has 2 heterocycles. The van der Waals surface area contributed by atoms with Crippen molar-refractivity contribution in [2.45, 2.75) is 38.4 Å². The number of anilines is 1. The van der Waals surface area contributed by atoms with Crippen molar-refractivity contribution in [2.75, 3.05) is 25.0 Å². The van der Waals surface area contributed by atoms with Gasteiger partial charge in [0.1, 0.15) is 11.5 Å². The van der Waals surface area contributed by atoms with Gasteiger partial charge in [-0.15, -0.1) is 0 Å². The van der Waals surface area contributed by atoms with Gasteiger partial charge in [0.05, 0.1) is 0 Å². The first kappa shape index (κ1) is 15.1. The average molecular weight is 287 g/mol. The fourth-order valence-electron chi connectivity index (χ4n) is 2.50. The molecule has 0 aliphatic carbocycles.